The summed E-state index contributed by atoms with van der Waals surface area (Å²) in [4.78, 5) is 14.0. The summed E-state index contributed by atoms with van der Waals surface area (Å²) in [5.41, 5.74) is 3.33. The molecule has 0 saturated heterocycles. The Balaban J connectivity index is 2.13. The van der Waals surface area contributed by atoms with E-state index in [0.29, 0.717) is 12.2 Å². The van der Waals surface area contributed by atoms with Gasteiger partial charge in [0.15, 0.2) is 5.69 Å². The molecule has 0 bridgehead atoms. The highest BCUT2D eigenvalue weighted by molar-refractivity contribution is 5.98. The third-order valence-electron chi connectivity index (χ3n) is 3.50. The van der Waals surface area contributed by atoms with Gasteiger partial charge in [0.2, 0.25) is 0 Å². The van der Waals surface area contributed by atoms with Gasteiger partial charge in [-0.25, -0.2) is 0 Å². The van der Waals surface area contributed by atoms with Crippen LogP contribution in [0, 0.1) is 6.92 Å². The lowest BCUT2D eigenvalue weighted by molar-refractivity contribution is 0.0706. The minimum absolute atomic E-state index is 0.0535. The Bertz CT molecular complexity index is 606. The van der Waals surface area contributed by atoms with E-state index in [1.165, 1.54) is 0 Å². The van der Waals surface area contributed by atoms with Gasteiger partial charge in [-0.1, -0.05) is 30.3 Å². The molecular formula is C14H15N3O2. The number of rotatable bonds is 3. The summed E-state index contributed by atoms with van der Waals surface area (Å²) in [5.74, 6) is -0.123. The molecule has 0 fully saturated rings. The number of amides is 1. The van der Waals surface area contributed by atoms with Gasteiger partial charge in [0.05, 0.1) is 12.6 Å². The van der Waals surface area contributed by atoms with Gasteiger partial charge in [0.1, 0.15) is 0 Å². The predicted octanol–water partition coefficient (Wildman–Crippen LogP) is 1.26. The molecule has 2 heterocycles. The number of nitrogens with one attached hydrogen (secondary N) is 1. The molecular weight excluding hydrogens is 242 g/mol. The van der Waals surface area contributed by atoms with Crippen LogP contribution < -0.4 is 0 Å². The second-order valence-electron chi connectivity index (χ2n) is 4.65. The van der Waals surface area contributed by atoms with Crippen molar-refractivity contribution in [3.05, 3.63) is 52.8 Å². The number of hydrogen-bond donors (Lipinski definition) is 2. The van der Waals surface area contributed by atoms with Gasteiger partial charge in [-0.3, -0.25) is 9.89 Å². The lowest BCUT2D eigenvalue weighted by Crippen LogP contribution is -2.32. The Hall–Kier alpha value is -2.14. The van der Waals surface area contributed by atoms with E-state index in [1.807, 2.05) is 37.3 Å². The lowest BCUT2D eigenvalue weighted by Gasteiger charge is -2.25. The summed E-state index contributed by atoms with van der Waals surface area (Å²) in [5, 5.41) is 16.1. The SMILES string of the molecule is Cc1[nH]nc2c1[C@H](c1ccccc1)N(CCO)C2=O. The molecule has 1 aromatic heterocycles. The van der Waals surface area contributed by atoms with Crippen LogP contribution in [-0.2, 0) is 0 Å². The number of hydrogen-bond acceptors (Lipinski definition) is 3. The molecule has 2 N–H and O–H groups in total. The minimum atomic E-state index is -0.158. The fourth-order valence-electron chi connectivity index (χ4n) is 2.66. The first-order valence-corrected chi connectivity index (χ1v) is 6.25. The van der Waals surface area contributed by atoms with E-state index in [0.717, 1.165) is 16.8 Å². The Morgan fingerprint density at radius 1 is 1.37 bits per heavy atom. The van der Waals surface area contributed by atoms with Crippen molar-refractivity contribution in [1.29, 1.82) is 0 Å². The van der Waals surface area contributed by atoms with Crippen LogP contribution in [0.1, 0.15) is 33.4 Å². The molecule has 5 heteroatoms. The lowest BCUT2D eigenvalue weighted by atomic mass is 9.99. The number of aromatic nitrogens is 2. The maximum absolute atomic E-state index is 12.3. The average molecular weight is 257 g/mol. The normalized spacial score (nSPS) is 17.9. The molecule has 0 unspecified atom stereocenters. The Morgan fingerprint density at radius 3 is 2.79 bits per heavy atom. The predicted molar refractivity (Wildman–Crippen MR) is 69.7 cm³/mol. The van der Waals surface area contributed by atoms with Crippen molar-refractivity contribution < 1.29 is 9.90 Å². The number of aliphatic hydroxyl groups excluding tert-OH is 1. The summed E-state index contributed by atoms with van der Waals surface area (Å²) < 4.78 is 0. The van der Waals surface area contributed by atoms with Crippen molar-refractivity contribution in [3.63, 3.8) is 0 Å². The van der Waals surface area contributed by atoms with Crippen LogP contribution in [0.3, 0.4) is 0 Å². The quantitative estimate of drug-likeness (QED) is 0.869. The van der Waals surface area contributed by atoms with Gasteiger partial charge in [0, 0.05) is 17.8 Å². The van der Waals surface area contributed by atoms with Gasteiger partial charge in [-0.2, -0.15) is 5.10 Å². The number of aliphatic hydroxyl groups is 1. The number of nitrogens with zero attached hydrogens (tertiary/aromatic N) is 2. The molecule has 3 rings (SSSR count). The number of H-pyrrole nitrogens is 1. The van der Waals surface area contributed by atoms with Gasteiger partial charge >= 0.3 is 0 Å². The summed E-state index contributed by atoms with van der Waals surface area (Å²) in [6, 6.07) is 9.66. The molecule has 0 radical (unpaired) electrons. The fourth-order valence-corrected chi connectivity index (χ4v) is 2.66. The van der Waals surface area contributed by atoms with E-state index in [-0.39, 0.29) is 18.6 Å². The van der Waals surface area contributed by atoms with Crippen molar-refractivity contribution >= 4 is 5.91 Å². The first kappa shape index (κ1) is 11.9. The number of β-amino-alcohol motifs (C(OH)–C–C–N with tert-alkyl or cyclic N) is 1. The summed E-state index contributed by atoms with van der Waals surface area (Å²) in [6.45, 7) is 2.17. The number of carbonyl (C=O) groups is 1. The topological polar surface area (TPSA) is 69.2 Å². The molecule has 1 aliphatic heterocycles. The molecule has 5 nitrogen and oxygen atoms in total. The zero-order chi connectivity index (χ0) is 13.4. The van der Waals surface area contributed by atoms with Crippen molar-refractivity contribution in [2.45, 2.75) is 13.0 Å². The number of fused-ring (bicyclic) bond motifs is 1. The molecule has 1 amide bonds. The summed E-state index contributed by atoms with van der Waals surface area (Å²) in [7, 11) is 0. The van der Waals surface area contributed by atoms with Crippen molar-refractivity contribution in [3.8, 4) is 0 Å². The third-order valence-corrected chi connectivity index (χ3v) is 3.50. The van der Waals surface area contributed by atoms with Crippen molar-refractivity contribution in [1.82, 2.24) is 15.1 Å². The largest absolute Gasteiger partial charge is 0.395 e. The Labute approximate surface area is 110 Å². The molecule has 1 aliphatic rings. The zero-order valence-corrected chi connectivity index (χ0v) is 10.6. The summed E-state index contributed by atoms with van der Waals surface area (Å²) >= 11 is 0. The average Bonchev–Trinajstić information content (AvgIpc) is 2.93. The van der Waals surface area contributed by atoms with E-state index in [9.17, 15) is 9.90 Å². The molecule has 0 aliphatic carbocycles. The smallest absolute Gasteiger partial charge is 0.275 e. The van der Waals surface area contributed by atoms with Crippen LogP contribution in [0.25, 0.3) is 0 Å². The fraction of sp³-hybridized carbons (Fsp3) is 0.286. The summed E-state index contributed by atoms with van der Waals surface area (Å²) in [6.07, 6.45) is 0. The molecule has 19 heavy (non-hydrogen) atoms. The van der Waals surface area contributed by atoms with Crippen LogP contribution in [0.5, 0.6) is 0 Å². The zero-order valence-electron chi connectivity index (χ0n) is 10.6. The third kappa shape index (κ3) is 1.74. The molecule has 0 spiro atoms. The van der Waals surface area contributed by atoms with Crippen LogP contribution in [0.15, 0.2) is 30.3 Å². The highest BCUT2D eigenvalue weighted by Crippen LogP contribution is 2.38. The van der Waals surface area contributed by atoms with E-state index in [2.05, 4.69) is 10.2 Å². The second kappa shape index (κ2) is 4.51. The molecule has 1 aromatic carbocycles. The maximum atomic E-state index is 12.3. The Morgan fingerprint density at radius 2 is 2.11 bits per heavy atom. The van der Waals surface area contributed by atoms with E-state index in [4.69, 9.17) is 0 Å². The van der Waals surface area contributed by atoms with E-state index in [1.54, 1.807) is 4.90 Å². The van der Waals surface area contributed by atoms with Crippen LogP contribution >= 0.6 is 0 Å². The molecule has 2 aromatic rings. The van der Waals surface area contributed by atoms with Crippen molar-refractivity contribution in [2.24, 2.45) is 0 Å². The van der Waals surface area contributed by atoms with Crippen LogP contribution in [0.2, 0.25) is 0 Å². The van der Waals surface area contributed by atoms with Gasteiger partial charge in [-0.05, 0) is 12.5 Å². The highest BCUT2D eigenvalue weighted by atomic mass is 16.3. The van der Waals surface area contributed by atoms with Crippen LogP contribution in [-0.4, -0.2) is 39.3 Å². The first-order valence-electron chi connectivity index (χ1n) is 6.25. The minimum Gasteiger partial charge on any atom is -0.395 e. The first-order chi connectivity index (χ1) is 9.24. The highest BCUT2D eigenvalue weighted by Gasteiger charge is 2.40. The van der Waals surface area contributed by atoms with E-state index < -0.39 is 0 Å². The number of aryl methyl sites for hydroxylation is 1. The maximum Gasteiger partial charge on any atom is 0.275 e. The number of aromatic amines is 1. The standard InChI is InChI=1S/C14H15N3O2/c1-9-11-12(16-15-9)14(19)17(7-8-18)13(11)10-5-3-2-4-6-10/h2-6,13,18H,7-8H2,1H3,(H,15,16)/t13-/m0/s1. The second-order valence-corrected chi connectivity index (χ2v) is 4.65. The Kier molecular flexibility index (Phi) is 2.83. The monoisotopic (exact) mass is 257 g/mol. The molecule has 1 atom stereocenters. The van der Waals surface area contributed by atoms with E-state index >= 15 is 0 Å². The molecule has 98 valence electrons. The molecule has 0 saturated carbocycles. The van der Waals surface area contributed by atoms with Crippen LogP contribution in [0.4, 0.5) is 0 Å². The van der Waals surface area contributed by atoms with Gasteiger partial charge in [-0.15, -0.1) is 0 Å². The van der Waals surface area contributed by atoms with Crippen molar-refractivity contribution in [2.75, 3.05) is 13.2 Å². The van der Waals surface area contributed by atoms with Gasteiger partial charge in [0.25, 0.3) is 5.91 Å². The van der Waals surface area contributed by atoms with Gasteiger partial charge < -0.3 is 10.0 Å². The number of carbonyl (C=O) groups excluding carboxylic acids is 1. The number of benzene rings is 1.